The highest BCUT2D eigenvalue weighted by Crippen LogP contribution is 2.37. The number of rotatable bonds is 6. The van der Waals surface area contributed by atoms with Gasteiger partial charge in [0, 0.05) is 38.8 Å². The number of hydrogen-bond acceptors (Lipinski definition) is 4. The Balaban J connectivity index is 1.93. The minimum Gasteiger partial charge on any atom is -0.487 e. The molecule has 2 heterocycles. The Bertz CT molecular complexity index is 939. The van der Waals surface area contributed by atoms with Crippen molar-refractivity contribution in [3.05, 3.63) is 63.0 Å². The van der Waals surface area contributed by atoms with Gasteiger partial charge in [0.25, 0.3) is 0 Å². The average molecular weight is 443 g/mol. The van der Waals surface area contributed by atoms with Crippen LogP contribution in [0.2, 0.25) is 15.1 Å². The van der Waals surface area contributed by atoms with Gasteiger partial charge in [-0.05, 0) is 39.0 Å². The van der Waals surface area contributed by atoms with E-state index in [0.29, 0.717) is 27.4 Å². The van der Waals surface area contributed by atoms with E-state index in [9.17, 15) is 0 Å². The van der Waals surface area contributed by atoms with E-state index in [1.165, 1.54) is 0 Å². The summed E-state index contributed by atoms with van der Waals surface area (Å²) in [5.41, 5.74) is 1.92. The summed E-state index contributed by atoms with van der Waals surface area (Å²) in [5.74, 6) is 0.612. The molecule has 2 aromatic heterocycles. The largest absolute Gasteiger partial charge is 0.487 e. The first kappa shape index (κ1) is 20.3. The lowest BCUT2D eigenvalue weighted by Gasteiger charge is -2.13. The smallest absolute Gasteiger partial charge is 0.139 e. The molecule has 0 fully saturated rings. The van der Waals surface area contributed by atoms with Crippen LogP contribution in [-0.2, 0) is 6.61 Å². The third kappa shape index (κ3) is 5.11. The Morgan fingerprint density at radius 1 is 1.04 bits per heavy atom. The zero-order valence-electron chi connectivity index (χ0n) is 15.0. The SMILES string of the molecule is Cc1nn(C(C)C)c(Sc2cc(Cl)cc(Cl)c2)c1COc1cncc(Cl)c1. The van der Waals surface area contributed by atoms with E-state index in [0.717, 1.165) is 21.2 Å². The molecule has 0 unspecified atom stereocenters. The van der Waals surface area contributed by atoms with Crippen molar-refractivity contribution >= 4 is 46.6 Å². The molecule has 0 N–H and O–H groups in total. The first-order valence-corrected chi connectivity index (χ1v) is 10.2. The van der Waals surface area contributed by atoms with Gasteiger partial charge in [-0.25, -0.2) is 0 Å². The summed E-state index contributed by atoms with van der Waals surface area (Å²) in [6.45, 7) is 6.51. The fraction of sp³-hybridized carbons (Fsp3) is 0.263. The second-order valence-electron chi connectivity index (χ2n) is 6.24. The quantitative estimate of drug-likeness (QED) is 0.418. The second-order valence-corrected chi connectivity index (χ2v) is 8.61. The van der Waals surface area contributed by atoms with E-state index in [1.54, 1.807) is 36.3 Å². The molecule has 3 rings (SSSR count). The molecular formula is C19H18Cl3N3OS. The maximum Gasteiger partial charge on any atom is 0.139 e. The Hall–Kier alpha value is -1.40. The number of pyridine rings is 1. The van der Waals surface area contributed by atoms with E-state index >= 15 is 0 Å². The van der Waals surface area contributed by atoms with Crippen LogP contribution in [0, 0.1) is 6.92 Å². The van der Waals surface area contributed by atoms with Crippen LogP contribution in [0.25, 0.3) is 0 Å². The molecule has 0 amide bonds. The molecule has 0 radical (unpaired) electrons. The highest BCUT2D eigenvalue weighted by molar-refractivity contribution is 7.99. The van der Waals surface area contributed by atoms with Gasteiger partial charge in [0.2, 0.25) is 0 Å². The number of aromatic nitrogens is 3. The molecule has 0 saturated heterocycles. The summed E-state index contributed by atoms with van der Waals surface area (Å²) < 4.78 is 7.90. The van der Waals surface area contributed by atoms with Gasteiger partial charge < -0.3 is 4.74 Å². The van der Waals surface area contributed by atoms with Crippen molar-refractivity contribution in [2.45, 2.75) is 43.3 Å². The van der Waals surface area contributed by atoms with Gasteiger partial charge in [-0.3, -0.25) is 9.67 Å². The van der Waals surface area contributed by atoms with Gasteiger partial charge in [0.15, 0.2) is 0 Å². The highest BCUT2D eigenvalue weighted by Gasteiger charge is 2.19. The van der Waals surface area contributed by atoms with Gasteiger partial charge in [-0.2, -0.15) is 5.10 Å². The molecular weight excluding hydrogens is 425 g/mol. The minimum absolute atomic E-state index is 0.197. The van der Waals surface area contributed by atoms with Crippen molar-refractivity contribution < 1.29 is 4.74 Å². The molecule has 0 aliphatic rings. The first-order valence-electron chi connectivity index (χ1n) is 8.28. The van der Waals surface area contributed by atoms with Crippen LogP contribution < -0.4 is 4.74 Å². The van der Waals surface area contributed by atoms with Crippen molar-refractivity contribution in [1.29, 1.82) is 0 Å². The third-order valence-electron chi connectivity index (χ3n) is 3.76. The maximum atomic E-state index is 6.16. The molecule has 8 heteroatoms. The van der Waals surface area contributed by atoms with Crippen LogP contribution in [0.1, 0.15) is 31.1 Å². The molecule has 3 aromatic rings. The Kier molecular flexibility index (Phi) is 6.58. The Morgan fingerprint density at radius 3 is 2.37 bits per heavy atom. The fourth-order valence-corrected chi connectivity index (χ4v) is 4.60. The van der Waals surface area contributed by atoms with Gasteiger partial charge in [-0.15, -0.1) is 0 Å². The Morgan fingerprint density at radius 2 is 1.74 bits per heavy atom. The van der Waals surface area contributed by atoms with Crippen molar-refractivity contribution in [3.8, 4) is 5.75 Å². The summed E-state index contributed by atoms with van der Waals surface area (Å²) in [7, 11) is 0. The number of aryl methyl sites for hydroxylation is 1. The van der Waals surface area contributed by atoms with E-state index in [-0.39, 0.29) is 6.04 Å². The van der Waals surface area contributed by atoms with Crippen LogP contribution in [-0.4, -0.2) is 14.8 Å². The molecule has 0 spiro atoms. The average Bonchev–Trinajstić information content (AvgIpc) is 2.88. The van der Waals surface area contributed by atoms with Crippen LogP contribution in [0.3, 0.4) is 0 Å². The Labute approximate surface area is 177 Å². The summed E-state index contributed by atoms with van der Waals surface area (Å²) in [5, 5.41) is 7.41. The fourth-order valence-electron chi connectivity index (χ4n) is 2.51. The summed E-state index contributed by atoms with van der Waals surface area (Å²) >= 11 is 19.9. The number of ether oxygens (including phenoxy) is 1. The molecule has 27 heavy (non-hydrogen) atoms. The highest BCUT2D eigenvalue weighted by atomic mass is 35.5. The molecule has 0 aliphatic carbocycles. The monoisotopic (exact) mass is 441 g/mol. The lowest BCUT2D eigenvalue weighted by molar-refractivity contribution is 0.300. The predicted octanol–water partition coefficient (Wildman–Crippen LogP) is 6.86. The summed E-state index contributed by atoms with van der Waals surface area (Å²) in [4.78, 5) is 4.99. The van der Waals surface area contributed by atoms with Gasteiger partial charge in [0.05, 0.1) is 16.9 Å². The minimum atomic E-state index is 0.197. The van der Waals surface area contributed by atoms with Crippen molar-refractivity contribution in [2.24, 2.45) is 0 Å². The maximum absolute atomic E-state index is 6.16. The molecule has 0 bridgehead atoms. The molecule has 4 nitrogen and oxygen atoms in total. The molecule has 0 atom stereocenters. The number of nitrogens with zero attached hydrogens (tertiary/aromatic N) is 3. The van der Waals surface area contributed by atoms with Crippen molar-refractivity contribution in [1.82, 2.24) is 14.8 Å². The number of benzene rings is 1. The molecule has 142 valence electrons. The zero-order chi connectivity index (χ0) is 19.6. The van der Waals surface area contributed by atoms with Crippen LogP contribution in [0.4, 0.5) is 0 Å². The number of halogens is 3. The molecule has 0 saturated carbocycles. The topological polar surface area (TPSA) is 39.9 Å². The van der Waals surface area contributed by atoms with E-state index < -0.39 is 0 Å². The van der Waals surface area contributed by atoms with Crippen molar-refractivity contribution in [3.63, 3.8) is 0 Å². The first-order chi connectivity index (χ1) is 12.8. The van der Waals surface area contributed by atoms with E-state index in [1.807, 2.05) is 23.7 Å². The zero-order valence-corrected chi connectivity index (χ0v) is 18.1. The van der Waals surface area contributed by atoms with E-state index in [4.69, 9.17) is 39.5 Å². The third-order valence-corrected chi connectivity index (χ3v) is 5.50. The van der Waals surface area contributed by atoms with Gasteiger partial charge in [0.1, 0.15) is 17.4 Å². The predicted molar refractivity (Wildman–Crippen MR) is 112 cm³/mol. The lowest BCUT2D eigenvalue weighted by Crippen LogP contribution is -2.05. The summed E-state index contributed by atoms with van der Waals surface area (Å²) in [6.07, 6.45) is 3.21. The lowest BCUT2D eigenvalue weighted by atomic mass is 10.3. The molecule has 0 aliphatic heterocycles. The second kappa shape index (κ2) is 8.74. The normalized spacial score (nSPS) is 11.2. The number of hydrogen-bond donors (Lipinski definition) is 0. The summed E-state index contributed by atoms with van der Waals surface area (Å²) in [6, 6.07) is 7.42. The van der Waals surface area contributed by atoms with Gasteiger partial charge in [-0.1, -0.05) is 46.6 Å². The van der Waals surface area contributed by atoms with Crippen LogP contribution >= 0.6 is 46.6 Å². The van der Waals surface area contributed by atoms with Crippen LogP contribution in [0.5, 0.6) is 5.75 Å². The molecule has 1 aromatic carbocycles. The van der Waals surface area contributed by atoms with Crippen molar-refractivity contribution in [2.75, 3.05) is 0 Å². The van der Waals surface area contributed by atoms with E-state index in [2.05, 4.69) is 23.9 Å². The van der Waals surface area contributed by atoms with Crippen LogP contribution in [0.15, 0.2) is 46.6 Å². The standard InChI is InChI=1S/C19H18Cl3N3OS/c1-11(2)25-19(27-17-6-13(20)4-14(21)7-17)18(12(3)24-25)10-26-16-5-15(22)8-23-9-16/h4-9,11H,10H2,1-3H3. The van der Waals surface area contributed by atoms with Gasteiger partial charge >= 0.3 is 0 Å².